The Labute approximate surface area is 101 Å². The predicted molar refractivity (Wildman–Crippen MR) is 63.4 cm³/mol. The van der Waals surface area contributed by atoms with Gasteiger partial charge in [0.25, 0.3) is 0 Å². The number of carbonyl (C=O) groups is 2. The normalized spacial score (nSPS) is 29.1. The van der Waals surface area contributed by atoms with Crippen molar-refractivity contribution < 1.29 is 14.7 Å². The second-order valence-electron chi connectivity index (χ2n) is 4.93. The van der Waals surface area contributed by atoms with Crippen LogP contribution in [0.15, 0.2) is 12.2 Å². The van der Waals surface area contributed by atoms with Crippen LogP contribution in [-0.2, 0) is 9.59 Å². The van der Waals surface area contributed by atoms with E-state index in [1.165, 1.54) is 0 Å². The lowest BCUT2D eigenvalue weighted by Crippen LogP contribution is -2.40. The van der Waals surface area contributed by atoms with Crippen molar-refractivity contribution >= 4 is 11.9 Å². The average Bonchev–Trinajstić information content (AvgIpc) is 2.39. The van der Waals surface area contributed by atoms with Gasteiger partial charge in [-0.05, 0) is 32.1 Å². The quantitative estimate of drug-likeness (QED) is 0.743. The second kappa shape index (κ2) is 5.34. The van der Waals surface area contributed by atoms with Crippen LogP contribution in [-0.4, -0.2) is 35.0 Å². The molecule has 17 heavy (non-hydrogen) atoms. The van der Waals surface area contributed by atoms with Gasteiger partial charge in [0, 0.05) is 19.0 Å². The summed E-state index contributed by atoms with van der Waals surface area (Å²) in [5.41, 5.74) is 0. The molecule has 0 bridgehead atoms. The van der Waals surface area contributed by atoms with Gasteiger partial charge < -0.3 is 10.0 Å². The minimum atomic E-state index is -0.711. The summed E-state index contributed by atoms with van der Waals surface area (Å²) in [5.74, 6) is -0.674. The van der Waals surface area contributed by atoms with Crippen LogP contribution in [0.3, 0.4) is 0 Å². The van der Waals surface area contributed by atoms with Gasteiger partial charge in [0.15, 0.2) is 0 Å². The maximum absolute atomic E-state index is 12.2. The van der Waals surface area contributed by atoms with Gasteiger partial charge >= 0.3 is 5.97 Å². The van der Waals surface area contributed by atoms with E-state index in [0.717, 1.165) is 32.4 Å². The summed E-state index contributed by atoms with van der Waals surface area (Å²) in [6.07, 6.45) is 7.84. The number of hydrogen-bond acceptors (Lipinski definition) is 2. The molecular weight excluding hydrogens is 218 g/mol. The summed E-state index contributed by atoms with van der Waals surface area (Å²) in [7, 11) is 0. The molecule has 1 fully saturated rings. The van der Waals surface area contributed by atoms with Crippen molar-refractivity contribution in [3.05, 3.63) is 12.2 Å². The van der Waals surface area contributed by atoms with Crippen LogP contribution in [0.25, 0.3) is 0 Å². The van der Waals surface area contributed by atoms with E-state index in [9.17, 15) is 9.59 Å². The smallest absolute Gasteiger partial charge is 0.306 e. The average molecular weight is 237 g/mol. The molecule has 0 radical (unpaired) electrons. The number of aliphatic carboxylic acids is 1. The number of carboxylic acid groups (broad SMARTS) is 1. The molecule has 1 aliphatic carbocycles. The largest absolute Gasteiger partial charge is 0.481 e. The monoisotopic (exact) mass is 237 g/mol. The lowest BCUT2D eigenvalue weighted by Gasteiger charge is -2.31. The van der Waals surface area contributed by atoms with Gasteiger partial charge in [-0.25, -0.2) is 0 Å². The van der Waals surface area contributed by atoms with E-state index in [0.29, 0.717) is 12.8 Å². The molecule has 0 aromatic rings. The Balaban J connectivity index is 1.85. The first-order valence-electron chi connectivity index (χ1n) is 6.35. The Bertz CT molecular complexity index is 330. The molecule has 2 aliphatic rings. The van der Waals surface area contributed by atoms with Crippen molar-refractivity contribution in [2.75, 3.05) is 13.1 Å². The first-order chi connectivity index (χ1) is 8.18. The van der Waals surface area contributed by atoms with E-state index >= 15 is 0 Å². The molecule has 1 amide bonds. The van der Waals surface area contributed by atoms with E-state index in [-0.39, 0.29) is 17.7 Å². The Hall–Kier alpha value is -1.32. The lowest BCUT2D eigenvalue weighted by atomic mass is 9.81. The zero-order chi connectivity index (χ0) is 12.3. The molecule has 94 valence electrons. The third kappa shape index (κ3) is 2.87. The van der Waals surface area contributed by atoms with Gasteiger partial charge in [0.2, 0.25) is 5.91 Å². The highest BCUT2D eigenvalue weighted by Gasteiger charge is 2.31. The first kappa shape index (κ1) is 12.1. The number of carboxylic acids is 1. The molecule has 0 spiro atoms. The van der Waals surface area contributed by atoms with Crippen LogP contribution in [0, 0.1) is 11.8 Å². The Kier molecular flexibility index (Phi) is 3.82. The van der Waals surface area contributed by atoms with Crippen LogP contribution in [0.2, 0.25) is 0 Å². The van der Waals surface area contributed by atoms with Crippen LogP contribution < -0.4 is 0 Å². The molecule has 0 aromatic carbocycles. The summed E-state index contributed by atoms with van der Waals surface area (Å²) >= 11 is 0. The first-order valence-corrected chi connectivity index (χ1v) is 6.35. The summed E-state index contributed by atoms with van der Waals surface area (Å²) in [4.78, 5) is 24.9. The van der Waals surface area contributed by atoms with Crippen LogP contribution in [0.4, 0.5) is 0 Å². The van der Waals surface area contributed by atoms with Crippen LogP contribution in [0.1, 0.15) is 32.1 Å². The van der Waals surface area contributed by atoms with Gasteiger partial charge in [-0.3, -0.25) is 9.59 Å². The molecule has 0 aromatic heterocycles. The molecule has 1 aliphatic heterocycles. The molecular formula is C13H19NO3. The minimum Gasteiger partial charge on any atom is -0.481 e. The molecule has 0 atom stereocenters. The standard InChI is InChI=1S/C13H19NO3/c15-12(14-8-2-1-3-9-14)10-4-6-11(7-5-10)13(16)17/h1-2,10-11H,3-9H2,(H,16,17). The minimum absolute atomic E-state index is 0.0529. The highest BCUT2D eigenvalue weighted by atomic mass is 16.4. The second-order valence-corrected chi connectivity index (χ2v) is 4.93. The van der Waals surface area contributed by atoms with Crippen molar-refractivity contribution in [3.8, 4) is 0 Å². The van der Waals surface area contributed by atoms with Gasteiger partial charge in [-0.15, -0.1) is 0 Å². The fourth-order valence-electron chi connectivity index (χ4n) is 2.69. The Morgan fingerprint density at radius 3 is 2.24 bits per heavy atom. The molecule has 1 heterocycles. The van der Waals surface area contributed by atoms with E-state index in [2.05, 4.69) is 6.08 Å². The number of amides is 1. The van der Waals surface area contributed by atoms with E-state index in [4.69, 9.17) is 5.11 Å². The molecule has 4 nitrogen and oxygen atoms in total. The van der Waals surface area contributed by atoms with Crippen LogP contribution in [0.5, 0.6) is 0 Å². The third-order valence-electron chi connectivity index (χ3n) is 3.80. The fourth-order valence-corrected chi connectivity index (χ4v) is 2.69. The molecule has 4 heteroatoms. The predicted octanol–water partition coefficient (Wildman–Crippen LogP) is 1.67. The van der Waals surface area contributed by atoms with Crippen molar-refractivity contribution in [1.29, 1.82) is 0 Å². The maximum atomic E-state index is 12.2. The topological polar surface area (TPSA) is 57.6 Å². The van der Waals surface area contributed by atoms with E-state index in [1.807, 2.05) is 11.0 Å². The highest BCUT2D eigenvalue weighted by molar-refractivity contribution is 5.79. The van der Waals surface area contributed by atoms with Crippen molar-refractivity contribution in [2.24, 2.45) is 11.8 Å². The zero-order valence-corrected chi connectivity index (χ0v) is 9.97. The highest BCUT2D eigenvalue weighted by Crippen LogP contribution is 2.30. The molecule has 0 saturated heterocycles. The van der Waals surface area contributed by atoms with Gasteiger partial charge in [0.05, 0.1) is 5.92 Å². The summed E-state index contributed by atoms with van der Waals surface area (Å²) in [5, 5.41) is 8.91. The van der Waals surface area contributed by atoms with Gasteiger partial charge in [-0.1, -0.05) is 12.2 Å². The summed E-state index contributed by atoms with van der Waals surface area (Å²) < 4.78 is 0. The van der Waals surface area contributed by atoms with Crippen molar-refractivity contribution in [2.45, 2.75) is 32.1 Å². The Morgan fingerprint density at radius 1 is 1.06 bits per heavy atom. The molecule has 1 N–H and O–H groups in total. The molecule has 2 rings (SSSR count). The zero-order valence-electron chi connectivity index (χ0n) is 9.97. The van der Waals surface area contributed by atoms with E-state index < -0.39 is 5.97 Å². The third-order valence-corrected chi connectivity index (χ3v) is 3.80. The number of rotatable bonds is 2. The van der Waals surface area contributed by atoms with E-state index in [1.54, 1.807) is 0 Å². The fraction of sp³-hybridized carbons (Fsp3) is 0.692. The summed E-state index contributed by atoms with van der Waals surface area (Å²) in [6.45, 7) is 1.53. The van der Waals surface area contributed by atoms with Crippen molar-refractivity contribution in [1.82, 2.24) is 4.90 Å². The number of hydrogen-bond donors (Lipinski definition) is 1. The van der Waals surface area contributed by atoms with Crippen molar-refractivity contribution in [3.63, 3.8) is 0 Å². The molecule has 0 unspecified atom stereocenters. The maximum Gasteiger partial charge on any atom is 0.306 e. The van der Waals surface area contributed by atoms with Crippen LogP contribution >= 0.6 is 0 Å². The SMILES string of the molecule is O=C(O)C1CCC(C(=O)N2CC=CCC2)CC1. The lowest BCUT2D eigenvalue weighted by molar-refractivity contribution is -0.145. The number of nitrogens with zero attached hydrogens (tertiary/aromatic N) is 1. The summed E-state index contributed by atoms with van der Waals surface area (Å²) in [6, 6.07) is 0. The molecule has 1 saturated carbocycles. The van der Waals surface area contributed by atoms with Gasteiger partial charge in [-0.2, -0.15) is 0 Å². The Morgan fingerprint density at radius 2 is 1.71 bits per heavy atom. The number of carbonyl (C=O) groups excluding carboxylic acids is 1. The van der Waals surface area contributed by atoms with Gasteiger partial charge in [0.1, 0.15) is 0 Å².